The Labute approximate surface area is 278 Å². The molecule has 0 aliphatic heterocycles. The second-order valence-corrected chi connectivity index (χ2v) is 13.0. The number of ether oxygens (including phenoxy) is 3. The molecule has 0 saturated carbocycles. The highest BCUT2D eigenvalue weighted by atomic mass is 35.5. The first-order valence-corrected chi connectivity index (χ1v) is 16.0. The van der Waals surface area contributed by atoms with Crippen molar-refractivity contribution in [1.82, 2.24) is 20.3 Å². The number of amides is 1. The number of benzene rings is 4. The van der Waals surface area contributed by atoms with E-state index < -0.39 is 17.7 Å². The fraction of sp³-hybridized carbons (Fsp3) is 0.297. The maximum absolute atomic E-state index is 13.3. The number of methoxy groups -OCH3 is 1. The molecule has 47 heavy (non-hydrogen) atoms. The zero-order valence-electron chi connectivity index (χ0n) is 26.8. The van der Waals surface area contributed by atoms with Gasteiger partial charge in [0.15, 0.2) is 0 Å². The molecule has 1 aromatic heterocycles. The van der Waals surface area contributed by atoms with Crippen molar-refractivity contribution in [2.45, 2.75) is 64.3 Å². The Balaban J connectivity index is 1.21. The summed E-state index contributed by atoms with van der Waals surface area (Å²) in [7, 11) is 1.56. The number of carbonyl (C=O) groups excluding carboxylic acids is 2. The Morgan fingerprint density at radius 2 is 1.83 bits per heavy atom. The Hall–Kier alpha value is -4.89. The third kappa shape index (κ3) is 7.41. The average Bonchev–Trinajstić information content (AvgIpc) is 3.46. The lowest BCUT2D eigenvalue weighted by atomic mass is 9.87. The molecule has 9 nitrogen and oxygen atoms in total. The van der Waals surface area contributed by atoms with Crippen LogP contribution < -0.4 is 14.8 Å². The van der Waals surface area contributed by atoms with Crippen molar-refractivity contribution in [3.63, 3.8) is 0 Å². The molecular weight excluding hydrogens is 616 g/mol. The number of hydrogen-bond acceptors (Lipinski definition) is 7. The maximum Gasteiger partial charge on any atom is 0.352 e. The predicted molar refractivity (Wildman–Crippen MR) is 180 cm³/mol. The van der Waals surface area contributed by atoms with Gasteiger partial charge in [0.25, 0.3) is 5.91 Å². The van der Waals surface area contributed by atoms with E-state index in [1.165, 1.54) is 11.1 Å². The fourth-order valence-electron chi connectivity index (χ4n) is 5.83. The molecule has 5 aromatic rings. The maximum atomic E-state index is 13.3. The lowest BCUT2D eigenvalue weighted by Crippen LogP contribution is -2.30. The Morgan fingerprint density at radius 3 is 2.64 bits per heavy atom. The summed E-state index contributed by atoms with van der Waals surface area (Å²) < 4.78 is 19.0. The van der Waals surface area contributed by atoms with Crippen molar-refractivity contribution in [1.29, 1.82) is 0 Å². The number of nitrogens with one attached hydrogen (secondary N) is 1. The molecule has 1 aliphatic carbocycles. The summed E-state index contributed by atoms with van der Waals surface area (Å²) in [6.07, 6.45) is 1.93. The van der Waals surface area contributed by atoms with Gasteiger partial charge in [0, 0.05) is 16.1 Å². The lowest BCUT2D eigenvalue weighted by Gasteiger charge is -2.26. The fourth-order valence-corrected chi connectivity index (χ4v) is 6.01. The monoisotopic (exact) mass is 652 g/mol. The highest BCUT2D eigenvalue weighted by Crippen LogP contribution is 2.32. The van der Waals surface area contributed by atoms with Crippen LogP contribution >= 0.6 is 11.6 Å². The number of halogens is 1. The number of esters is 1. The quantitative estimate of drug-likeness (QED) is 0.165. The van der Waals surface area contributed by atoms with E-state index in [-0.39, 0.29) is 18.5 Å². The molecule has 1 amide bonds. The van der Waals surface area contributed by atoms with Gasteiger partial charge in [-0.2, -0.15) is 0 Å². The van der Waals surface area contributed by atoms with E-state index in [1.807, 2.05) is 39.0 Å². The largest absolute Gasteiger partial charge is 0.497 e. The van der Waals surface area contributed by atoms with E-state index in [9.17, 15) is 9.59 Å². The molecule has 6 rings (SSSR count). The van der Waals surface area contributed by atoms with Gasteiger partial charge in [0.1, 0.15) is 22.6 Å². The molecule has 2 atom stereocenters. The van der Waals surface area contributed by atoms with E-state index in [0.717, 1.165) is 24.8 Å². The molecular formula is C37H37ClN4O5. The number of hydrogen-bond donors (Lipinski definition) is 1. The number of aryl methyl sites for hydroxylation is 1. The van der Waals surface area contributed by atoms with Crippen LogP contribution in [0.25, 0.3) is 11.0 Å². The summed E-state index contributed by atoms with van der Waals surface area (Å²) in [6.45, 7) is 5.71. The van der Waals surface area contributed by atoms with Gasteiger partial charge in [-0.15, -0.1) is 5.10 Å². The smallest absolute Gasteiger partial charge is 0.352 e. The van der Waals surface area contributed by atoms with E-state index in [1.54, 1.807) is 66.4 Å². The SMILES string of the molecule is COc1cccc(C(Oc2ccc(Cl)c(Cn3nnc4cc(C(=O)NC5CCCc6ccccc65)ccc43)c2)C(=O)OC(C)(C)C)c1. The Kier molecular flexibility index (Phi) is 9.18. The topological polar surface area (TPSA) is 105 Å². The van der Waals surface area contributed by atoms with Crippen LogP contribution in [0.1, 0.15) is 78.4 Å². The van der Waals surface area contributed by atoms with Gasteiger partial charge in [-0.1, -0.05) is 53.2 Å². The van der Waals surface area contributed by atoms with Crippen LogP contribution in [-0.4, -0.2) is 39.6 Å². The van der Waals surface area contributed by atoms with Crippen LogP contribution in [0.3, 0.4) is 0 Å². The minimum atomic E-state index is -1.04. The molecule has 4 aromatic carbocycles. The van der Waals surface area contributed by atoms with Crippen molar-refractivity contribution in [2.24, 2.45) is 0 Å². The lowest BCUT2D eigenvalue weighted by molar-refractivity contribution is -0.163. The number of fused-ring (bicyclic) bond motifs is 2. The van der Waals surface area contributed by atoms with E-state index in [2.05, 4.69) is 27.8 Å². The molecule has 1 aliphatic rings. The van der Waals surface area contributed by atoms with Crippen molar-refractivity contribution >= 4 is 34.5 Å². The molecule has 0 spiro atoms. The second-order valence-electron chi connectivity index (χ2n) is 12.6. The van der Waals surface area contributed by atoms with Crippen molar-refractivity contribution in [2.75, 3.05) is 7.11 Å². The third-order valence-electron chi connectivity index (χ3n) is 8.06. The number of aromatic nitrogens is 3. The van der Waals surface area contributed by atoms with Crippen LogP contribution in [0.2, 0.25) is 5.02 Å². The van der Waals surface area contributed by atoms with Gasteiger partial charge < -0.3 is 19.5 Å². The minimum absolute atomic E-state index is 0.0192. The summed E-state index contributed by atoms with van der Waals surface area (Å²) in [5.74, 6) is 0.342. The van der Waals surface area contributed by atoms with E-state index >= 15 is 0 Å². The van der Waals surface area contributed by atoms with Gasteiger partial charge in [0.2, 0.25) is 6.10 Å². The first-order chi connectivity index (χ1) is 22.6. The third-order valence-corrected chi connectivity index (χ3v) is 8.43. The van der Waals surface area contributed by atoms with Crippen LogP contribution in [0.15, 0.2) is 84.9 Å². The van der Waals surface area contributed by atoms with Gasteiger partial charge in [-0.25, -0.2) is 9.48 Å². The van der Waals surface area contributed by atoms with Gasteiger partial charge in [0.05, 0.1) is 25.2 Å². The molecule has 0 radical (unpaired) electrons. The van der Waals surface area contributed by atoms with Gasteiger partial charge in [-0.3, -0.25) is 4.79 Å². The van der Waals surface area contributed by atoms with Crippen LogP contribution in [0.5, 0.6) is 11.5 Å². The molecule has 1 N–H and O–H groups in total. The molecule has 242 valence electrons. The number of carbonyl (C=O) groups is 2. The van der Waals surface area contributed by atoms with Crippen LogP contribution in [-0.2, 0) is 22.5 Å². The molecule has 0 fully saturated rings. The van der Waals surface area contributed by atoms with E-state index in [0.29, 0.717) is 38.7 Å². The van der Waals surface area contributed by atoms with Crippen molar-refractivity contribution in [3.05, 3.63) is 118 Å². The zero-order chi connectivity index (χ0) is 33.1. The summed E-state index contributed by atoms with van der Waals surface area (Å²) in [5.41, 5.74) is 4.92. The predicted octanol–water partition coefficient (Wildman–Crippen LogP) is 7.41. The Morgan fingerprint density at radius 1 is 1.00 bits per heavy atom. The van der Waals surface area contributed by atoms with E-state index in [4.69, 9.17) is 25.8 Å². The van der Waals surface area contributed by atoms with Gasteiger partial charge in [-0.05, 0) is 105 Å². The average molecular weight is 653 g/mol. The Bertz CT molecular complexity index is 1930. The first kappa shape index (κ1) is 32.1. The number of nitrogens with zero attached hydrogens (tertiary/aromatic N) is 3. The van der Waals surface area contributed by atoms with Crippen LogP contribution in [0, 0.1) is 0 Å². The standard InChI is InChI=1S/C37H37ClN4O5/c1-37(2,3)47-36(44)34(24-11-7-12-27(19-24)45-4)46-28-16-17-30(38)26(20-28)22-42-33-18-15-25(21-32(33)40-41-42)35(43)39-31-14-8-10-23-9-5-6-13-29(23)31/h5-7,9,11-13,15-21,31,34H,8,10,14,22H2,1-4H3,(H,39,43). The summed E-state index contributed by atoms with van der Waals surface area (Å²) in [4.78, 5) is 26.6. The zero-order valence-corrected chi connectivity index (χ0v) is 27.6. The molecule has 2 unspecified atom stereocenters. The summed E-state index contributed by atoms with van der Waals surface area (Å²) in [5, 5.41) is 12.4. The van der Waals surface area contributed by atoms with Crippen LogP contribution in [0.4, 0.5) is 0 Å². The molecule has 1 heterocycles. The highest BCUT2D eigenvalue weighted by Gasteiger charge is 2.29. The van der Waals surface area contributed by atoms with Crippen molar-refractivity contribution < 1.29 is 23.8 Å². The highest BCUT2D eigenvalue weighted by molar-refractivity contribution is 6.31. The molecule has 0 bridgehead atoms. The minimum Gasteiger partial charge on any atom is -0.497 e. The van der Waals surface area contributed by atoms with Gasteiger partial charge >= 0.3 is 5.97 Å². The molecule has 10 heteroatoms. The first-order valence-electron chi connectivity index (χ1n) is 15.6. The summed E-state index contributed by atoms with van der Waals surface area (Å²) >= 11 is 6.62. The second kappa shape index (κ2) is 13.5. The summed E-state index contributed by atoms with van der Waals surface area (Å²) in [6, 6.07) is 26.0. The number of rotatable bonds is 9. The van der Waals surface area contributed by atoms with Crippen molar-refractivity contribution in [3.8, 4) is 11.5 Å². The normalized spacial score (nSPS) is 15.0. The molecule has 0 saturated heterocycles.